The molecule has 0 saturated carbocycles. The SMILES string of the molecule is CCCCCCCCCCCCCCCCCOC(=O)c1ccccc1N. The van der Waals surface area contributed by atoms with Crippen LogP contribution in [0.2, 0.25) is 0 Å². The summed E-state index contributed by atoms with van der Waals surface area (Å²) in [5, 5.41) is 0. The first kappa shape index (κ1) is 23.5. The van der Waals surface area contributed by atoms with E-state index in [1.54, 1.807) is 18.2 Å². The van der Waals surface area contributed by atoms with Crippen LogP contribution in [0.5, 0.6) is 0 Å². The first-order valence-electron chi connectivity index (χ1n) is 11.3. The molecule has 1 aromatic carbocycles. The molecule has 3 nitrogen and oxygen atoms in total. The van der Waals surface area contributed by atoms with Crippen molar-refractivity contribution in [1.82, 2.24) is 0 Å². The number of carbonyl (C=O) groups is 1. The second kappa shape index (κ2) is 16.6. The lowest BCUT2D eigenvalue weighted by Crippen LogP contribution is -2.09. The molecule has 0 atom stereocenters. The van der Waals surface area contributed by atoms with Crippen molar-refractivity contribution in [2.45, 2.75) is 103 Å². The van der Waals surface area contributed by atoms with Gasteiger partial charge in [-0.3, -0.25) is 0 Å². The lowest BCUT2D eigenvalue weighted by Gasteiger charge is -2.07. The van der Waals surface area contributed by atoms with Gasteiger partial charge in [0, 0.05) is 5.69 Å². The van der Waals surface area contributed by atoms with Gasteiger partial charge in [-0.15, -0.1) is 0 Å². The highest BCUT2D eigenvalue weighted by atomic mass is 16.5. The average Bonchev–Trinajstić information content (AvgIpc) is 2.68. The third-order valence-electron chi connectivity index (χ3n) is 5.16. The Morgan fingerprint density at radius 1 is 0.741 bits per heavy atom. The number of hydrogen-bond donors (Lipinski definition) is 1. The first-order chi connectivity index (χ1) is 13.3. The van der Waals surface area contributed by atoms with Gasteiger partial charge in [-0.1, -0.05) is 109 Å². The molecular weight excluding hydrogens is 334 g/mol. The monoisotopic (exact) mass is 375 g/mol. The summed E-state index contributed by atoms with van der Waals surface area (Å²) in [5.41, 5.74) is 6.74. The number of unbranched alkanes of at least 4 members (excludes halogenated alkanes) is 14. The number of carbonyl (C=O) groups excluding carboxylic acids is 1. The van der Waals surface area contributed by atoms with Gasteiger partial charge in [0.1, 0.15) is 0 Å². The summed E-state index contributed by atoms with van der Waals surface area (Å²) in [7, 11) is 0. The maximum atomic E-state index is 11.9. The van der Waals surface area contributed by atoms with Gasteiger partial charge in [0.2, 0.25) is 0 Å². The number of nitrogen functional groups attached to an aromatic ring is 1. The van der Waals surface area contributed by atoms with Gasteiger partial charge >= 0.3 is 5.97 Å². The van der Waals surface area contributed by atoms with Crippen LogP contribution < -0.4 is 5.73 Å². The van der Waals surface area contributed by atoms with Crippen LogP contribution in [0.1, 0.15) is 114 Å². The second-order valence-corrected chi connectivity index (χ2v) is 7.67. The number of hydrogen-bond acceptors (Lipinski definition) is 3. The molecular formula is C24H41NO2. The molecule has 0 bridgehead atoms. The predicted molar refractivity (Wildman–Crippen MR) is 116 cm³/mol. The van der Waals surface area contributed by atoms with E-state index < -0.39 is 0 Å². The van der Waals surface area contributed by atoms with Crippen LogP contribution in [-0.4, -0.2) is 12.6 Å². The van der Waals surface area contributed by atoms with Crippen molar-refractivity contribution >= 4 is 11.7 Å². The Morgan fingerprint density at radius 2 is 1.19 bits per heavy atom. The Bertz CT molecular complexity index is 487. The molecule has 0 heterocycles. The standard InChI is InChI=1S/C24H41NO2/c1-2-3-4-5-6-7-8-9-10-11-12-13-14-15-18-21-27-24(26)22-19-16-17-20-23(22)25/h16-17,19-20H,2-15,18,21,25H2,1H3. The molecule has 2 N–H and O–H groups in total. The van der Waals surface area contributed by atoms with Gasteiger partial charge in [0.15, 0.2) is 0 Å². The molecule has 0 spiro atoms. The van der Waals surface area contributed by atoms with Crippen LogP contribution in [0, 0.1) is 0 Å². The third-order valence-corrected chi connectivity index (χ3v) is 5.16. The topological polar surface area (TPSA) is 52.3 Å². The van der Waals surface area contributed by atoms with Gasteiger partial charge in [0.05, 0.1) is 12.2 Å². The summed E-state index contributed by atoms with van der Waals surface area (Å²) in [4.78, 5) is 11.9. The Kier molecular flexibility index (Phi) is 14.5. The van der Waals surface area contributed by atoms with Crippen molar-refractivity contribution in [3.8, 4) is 0 Å². The molecule has 0 fully saturated rings. The van der Waals surface area contributed by atoms with Gasteiger partial charge in [0.25, 0.3) is 0 Å². The minimum Gasteiger partial charge on any atom is -0.462 e. The van der Waals surface area contributed by atoms with E-state index in [1.807, 2.05) is 6.07 Å². The molecule has 3 heteroatoms. The maximum Gasteiger partial charge on any atom is 0.340 e. The highest BCUT2D eigenvalue weighted by Gasteiger charge is 2.09. The average molecular weight is 376 g/mol. The number of esters is 1. The predicted octanol–water partition coefficient (Wildman–Crippen LogP) is 7.30. The van der Waals surface area contributed by atoms with Crippen molar-refractivity contribution < 1.29 is 9.53 Å². The molecule has 0 aromatic heterocycles. The highest BCUT2D eigenvalue weighted by molar-refractivity contribution is 5.94. The largest absolute Gasteiger partial charge is 0.462 e. The quantitative estimate of drug-likeness (QED) is 0.176. The zero-order valence-electron chi connectivity index (χ0n) is 17.5. The van der Waals surface area contributed by atoms with Crippen LogP contribution >= 0.6 is 0 Å². The smallest absolute Gasteiger partial charge is 0.340 e. The lowest BCUT2D eigenvalue weighted by atomic mass is 10.0. The van der Waals surface area contributed by atoms with Crippen molar-refractivity contribution in [3.05, 3.63) is 29.8 Å². The minimum atomic E-state index is -0.307. The van der Waals surface area contributed by atoms with Gasteiger partial charge < -0.3 is 10.5 Å². The minimum absolute atomic E-state index is 0.307. The van der Waals surface area contributed by atoms with E-state index in [0.717, 1.165) is 12.8 Å². The van der Waals surface area contributed by atoms with E-state index in [1.165, 1.54) is 83.5 Å². The fourth-order valence-electron chi connectivity index (χ4n) is 3.40. The molecule has 27 heavy (non-hydrogen) atoms. The summed E-state index contributed by atoms with van der Waals surface area (Å²) in [6.45, 7) is 2.77. The Balaban J connectivity index is 1.82. The number of anilines is 1. The summed E-state index contributed by atoms with van der Waals surface area (Å²) in [6, 6.07) is 7.07. The molecule has 0 radical (unpaired) electrons. The normalized spacial score (nSPS) is 10.9. The van der Waals surface area contributed by atoms with E-state index in [2.05, 4.69) is 6.92 Å². The number of benzene rings is 1. The fourth-order valence-corrected chi connectivity index (χ4v) is 3.40. The Labute approximate surface area is 167 Å². The highest BCUT2D eigenvalue weighted by Crippen LogP contribution is 2.14. The molecule has 0 aliphatic heterocycles. The maximum absolute atomic E-state index is 11.9. The number of para-hydroxylation sites is 1. The molecule has 0 unspecified atom stereocenters. The van der Waals surface area contributed by atoms with Gasteiger partial charge in [-0.05, 0) is 18.6 Å². The molecule has 1 rings (SSSR count). The van der Waals surface area contributed by atoms with E-state index in [0.29, 0.717) is 17.9 Å². The summed E-state index contributed by atoms with van der Waals surface area (Å²) in [5.74, 6) is -0.307. The van der Waals surface area contributed by atoms with E-state index in [4.69, 9.17) is 10.5 Å². The fraction of sp³-hybridized carbons (Fsp3) is 0.708. The van der Waals surface area contributed by atoms with Crippen molar-refractivity contribution in [1.29, 1.82) is 0 Å². The van der Waals surface area contributed by atoms with E-state index >= 15 is 0 Å². The second-order valence-electron chi connectivity index (χ2n) is 7.67. The zero-order valence-corrected chi connectivity index (χ0v) is 17.5. The van der Waals surface area contributed by atoms with Crippen LogP contribution in [0.15, 0.2) is 24.3 Å². The lowest BCUT2D eigenvalue weighted by molar-refractivity contribution is 0.0499. The van der Waals surface area contributed by atoms with Crippen LogP contribution in [0.3, 0.4) is 0 Å². The Morgan fingerprint density at radius 3 is 1.67 bits per heavy atom. The Hall–Kier alpha value is -1.51. The number of ether oxygens (including phenoxy) is 1. The van der Waals surface area contributed by atoms with Crippen LogP contribution in [-0.2, 0) is 4.74 Å². The molecule has 0 amide bonds. The van der Waals surface area contributed by atoms with Gasteiger partial charge in [-0.25, -0.2) is 4.79 Å². The van der Waals surface area contributed by atoms with E-state index in [-0.39, 0.29) is 5.97 Å². The van der Waals surface area contributed by atoms with Crippen LogP contribution in [0.25, 0.3) is 0 Å². The van der Waals surface area contributed by atoms with Gasteiger partial charge in [-0.2, -0.15) is 0 Å². The summed E-state index contributed by atoms with van der Waals surface area (Å²) in [6.07, 6.45) is 20.0. The van der Waals surface area contributed by atoms with Crippen LogP contribution in [0.4, 0.5) is 5.69 Å². The molecule has 0 aliphatic rings. The number of rotatable bonds is 17. The molecule has 0 saturated heterocycles. The third kappa shape index (κ3) is 12.5. The van der Waals surface area contributed by atoms with Crippen molar-refractivity contribution in [2.24, 2.45) is 0 Å². The van der Waals surface area contributed by atoms with Crippen molar-refractivity contribution in [3.63, 3.8) is 0 Å². The molecule has 0 aliphatic carbocycles. The molecule has 154 valence electrons. The zero-order chi connectivity index (χ0) is 19.6. The van der Waals surface area contributed by atoms with Crippen molar-refractivity contribution in [2.75, 3.05) is 12.3 Å². The first-order valence-corrected chi connectivity index (χ1v) is 11.3. The molecule has 1 aromatic rings. The number of nitrogens with two attached hydrogens (primary N) is 1. The van der Waals surface area contributed by atoms with E-state index in [9.17, 15) is 4.79 Å². The summed E-state index contributed by atoms with van der Waals surface area (Å²) < 4.78 is 5.30. The summed E-state index contributed by atoms with van der Waals surface area (Å²) >= 11 is 0.